The van der Waals surface area contributed by atoms with Gasteiger partial charge in [0.25, 0.3) is 0 Å². The second-order valence-corrected chi connectivity index (χ2v) is 7.54. The molecule has 8 heteroatoms. The molecule has 8 nitrogen and oxygen atoms in total. The summed E-state index contributed by atoms with van der Waals surface area (Å²) >= 11 is 0. The van der Waals surface area contributed by atoms with Crippen molar-refractivity contribution >= 4 is 0 Å². The Morgan fingerprint density at radius 3 is 2.84 bits per heavy atom. The van der Waals surface area contributed by atoms with Gasteiger partial charge >= 0.3 is 5.69 Å². The maximum absolute atomic E-state index is 12.7. The van der Waals surface area contributed by atoms with Crippen LogP contribution in [0.25, 0.3) is 22.4 Å². The molecular weight excluding hydrogens is 398 g/mol. The van der Waals surface area contributed by atoms with Gasteiger partial charge in [-0.25, -0.2) is 4.79 Å². The molecule has 1 fully saturated rings. The number of hydrogen-bond donors (Lipinski definition) is 0. The summed E-state index contributed by atoms with van der Waals surface area (Å²) < 4.78 is 24.4. The molecule has 3 aromatic rings. The second kappa shape index (κ2) is 8.49. The Hall–Kier alpha value is -3.23. The lowest BCUT2D eigenvalue weighted by Gasteiger charge is -2.22. The highest BCUT2D eigenvalue weighted by Gasteiger charge is 2.21. The summed E-state index contributed by atoms with van der Waals surface area (Å²) in [5.41, 5.74) is 4.15. The van der Waals surface area contributed by atoms with Crippen molar-refractivity contribution in [3.63, 3.8) is 0 Å². The fourth-order valence-corrected chi connectivity index (χ4v) is 3.73. The van der Waals surface area contributed by atoms with Crippen molar-refractivity contribution in [1.29, 1.82) is 0 Å². The van der Waals surface area contributed by atoms with Gasteiger partial charge in [-0.15, -0.1) is 0 Å². The fraction of sp³-hybridized carbons (Fsp3) is 0.348. The number of nitrogens with zero attached hydrogens (tertiary/aromatic N) is 3. The number of rotatable bonds is 4. The Morgan fingerprint density at radius 1 is 1.13 bits per heavy atom. The number of aryl methyl sites for hydroxylation is 1. The smallest absolute Gasteiger partial charge is 0.351 e. The summed E-state index contributed by atoms with van der Waals surface area (Å²) in [6, 6.07) is 11.7. The van der Waals surface area contributed by atoms with Crippen LogP contribution in [0.3, 0.4) is 0 Å². The molecular formula is C23H23N3O5. The highest BCUT2D eigenvalue weighted by Crippen LogP contribution is 2.36. The SMILES string of the molecule is Cc1ccc(-c2ccc3c(c2)OCCn2c-3cc(OCC3COCCO3)nc2=O)cn1. The minimum atomic E-state index is -0.364. The van der Waals surface area contributed by atoms with E-state index in [1.54, 1.807) is 10.6 Å². The highest BCUT2D eigenvalue weighted by molar-refractivity contribution is 5.75. The zero-order valence-corrected chi connectivity index (χ0v) is 17.2. The molecule has 0 N–H and O–H groups in total. The van der Waals surface area contributed by atoms with E-state index in [-0.39, 0.29) is 24.3 Å². The topological polar surface area (TPSA) is 84.7 Å². The lowest BCUT2D eigenvalue weighted by Crippen LogP contribution is -2.34. The van der Waals surface area contributed by atoms with Gasteiger partial charge in [0.2, 0.25) is 5.88 Å². The molecule has 4 heterocycles. The van der Waals surface area contributed by atoms with Gasteiger partial charge < -0.3 is 18.9 Å². The first-order valence-corrected chi connectivity index (χ1v) is 10.3. The van der Waals surface area contributed by atoms with Crippen LogP contribution in [0.2, 0.25) is 0 Å². The lowest BCUT2D eigenvalue weighted by molar-refractivity contribution is -0.102. The number of pyridine rings is 1. The van der Waals surface area contributed by atoms with Gasteiger partial charge in [-0.1, -0.05) is 12.1 Å². The van der Waals surface area contributed by atoms with Crippen LogP contribution < -0.4 is 15.2 Å². The molecule has 2 aliphatic heterocycles. The summed E-state index contributed by atoms with van der Waals surface area (Å²) in [6.45, 7) is 4.63. The first kappa shape index (κ1) is 19.7. The molecule has 0 spiro atoms. The van der Waals surface area contributed by atoms with Crippen LogP contribution in [0, 0.1) is 6.92 Å². The molecule has 0 radical (unpaired) electrons. The maximum atomic E-state index is 12.7. The number of ether oxygens (including phenoxy) is 4. The highest BCUT2D eigenvalue weighted by atomic mass is 16.6. The predicted octanol–water partition coefficient (Wildman–Crippen LogP) is 2.47. The van der Waals surface area contributed by atoms with E-state index in [4.69, 9.17) is 18.9 Å². The summed E-state index contributed by atoms with van der Waals surface area (Å²) in [6.07, 6.45) is 1.68. The predicted molar refractivity (Wildman–Crippen MR) is 113 cm³/mol. The van der Waals surface area contributed by atoms with Crippen molar-refractivity contribution in [3.8, 4) is 34.0 Å². The van der Waals surface area contributed by atoms with E-state index in [1.807, 2.05) is 43.5 Å². The van der Waals surface area contributed by atoms with Gasteiger partial charge in [0.05, 0.1) is 32.1 Å². The molecule has 2 aromatic heterocycles. The molecule has 0 bridgehead atoms. The molecule has 1 unspecified atom stereocenters. The van der Waals surface area contributed by atoms with E-state index < -0.39 is 0 Å². The van der Waals surface area contributed by atoms with Crippen LogP contribution in [0.15, 0.2) is 47.4 Å². The molecule has 0 aliphatic carbocycles. The Kier molecular flexibility index (Phi) is 5.40. The van der Waals surface area contributed by atoms with E-state index in [9.17, 15) is 4.79 Å². The third kappa shape index (κ3) is 4.17. The second-order valence-electron chi connectivity index (χ2n) is 7.54. The maximum Gasteiger partial charge on any atom is 0.351 e. The standard InChI is InChI=1S/C23H23N3O5/c1-15-2-3-17(12-24-15)16-4-5-19-20-11-22(31-14-18-13-28-8-9-29-18)25-23(27)26(20)6-7-30-21(19)10-16/h2-5,10-12,18H,6-9,13-14H2,1H3. The van der Waals surface area contributed by atoms with E-state index in [1.165, 1.54) is 0 Å². The number of hydrogen-bond acceptors (Lipinski definition) is 7. The van der Waals surface area contributed by atoms with E-state index >= 15 is 0 Å². The molecule has 5 rings (SSSR count). The molecule has 1 saturated heterocycles. The average molecular weight is 421 g/mol. The summed E-state index contributed by atoms with van der Waals surface area (Å²) in [7, 11) is 0. The largest absolute Gasteiger partial charge is 0.491 e. The molecule has 1 aromatic carbocycles. The molecule has 0 amide bonds. The summed E-state index contributed by atoms with van der Waals surface area (Å²) in [4.78, 5) is 21.1. The number of fused-ring (bicyclic) bond motifs is 3. The lowest BCUT2D eigenvalue weighted by atomic mass is 10.0. The van der Waals surface area contributed by atoms with Gasteiger partial charge in [-0.2, -0.15) is 4.98 Å². The van der Waals surface area contributed by atoms with E-state index in [0.717, 1.165) is 28.1 Å². The van der Waals surface area contributed by atoms with Gasteiger partial charge in [-0.05, 0) is 30.7 Å². The Labute approximate surface area is 179 Å². The zero-order valence-electron chi connectivity index (χ0n) is 17.2. The van der Waals surface area contributed by atoms with Crippen LogP contribution in [-0.4, -0.2) is 53.7 Å². The Morgan fingerprint density at radius 2 is 2.03 bits per heavy atom. The van der Waals surface area contributed by atoms with Crippen LogP contribution >= 0.6 is 0 Å². The average Bonchev–Trinajstić information content (AvgIpc) is 2.98. The normalized spacial score (nSPS) is 17.8. The van der Waals surface area contributed by atoms with E-state index in [2.05, 4.69) is 9.97 Å². The van der Waals surface area contributed by atoms with Crippen molar-refractivity contribution in [3.05, 3.63) is 58.8 Å². The zero-order chi connectivity index (χ0) is 21.2. The minimum absolute atomic E-state index is 0.168. The van der Waals surface area contributed by atoms with Crippen molar-refractivity contribution < 1.29 is 18.9 Å². The van der Waals surface area contributed by atoms with Gasteiger partial charge in [-0.3, -0.25) is 9.55 Å². The van der Waals surface area contributed by atoms with Crippen LogP contribution in [0.1, 0.15) is 5.69 Å². The van der Waals surface area contributed by atoms with Crippen molar-refractivity contribution in [2.24, 2.45) is 0 Å². The summed E-state index contributed by atoms with van der Waals surface area (Å²) in [5, 5.41) is 0. The van der Waals surface area contributed by atoms with Crippen LogP contribution in [0.5, 0.6) is 11.6 Å². The van der Waals surface area contributed by atoms with Gasteiger partial charge in [0, 0.05) is 29.1 Å². The monoisotopic (exact) mass is 421 g/mol. The number of aromatic nitrogens is 3. The van der Waals surface area contributed by atoms with Crippen LogP contribution in [0.4, 0.5) is 0 Å². The fourth-order valence-electron chi connectivity index (χ4n) is 3.73. The van der Waals surface area contributed by atoms with Crippen molar-refractivity contribution in [2.45, 2.75) is 19.6 Å². The van der Waals surface area contributed by atoms with Crippen molar-refractivity contribution in [1.82, 2.24) is 14.5 Å². The Balaban J connectivity index is 1.47. The molecule has 1 atom stereocenters. The number of benzene rings is 1. The third-order valence-electron chi connectivity index (χ3n) is 5.36. The summed E-state index contributed by atoms with van der Waals surface area (Å²) in [5.74, 6) is 0.981. The quantitative estimate of drug-likeness (QED) is 0.640. The Bertz CT molecular complexity index is 1140. The minimum Gasteiger partial charge on any atom is -0.491 e. The van der Waals surface area contributed by atoms with Crippen molar-refractivity contribution in [2.75, 3.05) is 33.0 Å². The molecule has 160 valence electrons. The van der Waals surface area contributed by atoms with Crippen LogP contribution in [-0.2, 0) is 16.0 Å². The first-order chi connectivity index (χ1) is 15.2. The van der Waals surface area contributed by atoms with Gasteiger partial charge in [0.15, 0.2) is 0 Å². The van der Waals surface area contributed by atoms with E-state index in [0.29, 0.717) is 38.7 Å². The van der Waals surface area contributed by atoms with Gasteiger partial charge in [0.1, 0.15) is 25.1 Å². The third-order valence-corrected chi connectivity index (χ3v) is 5.36. The molecule has 0 saturated carbocycles. The molecule has 2 aliphatic rings. The molecule has 31 heavy (non-hydrogen) atoms. The first-order valence-electron chi connectivity index (χ1n) is 10.3.